The number of nitrogens with two attached hydrogens (primary N) is 1. The Hall–Kier alpha value is -4.33. The van der Waals surface area contributed by atoms with E-state index >= 15 is 0 Å². The van der Waals surface area contributed by atoms with E-state index in [1.165, 1.54) is 13.0 Å². The number of hydrogen-bond donors (Lipinski definition) is 2. The molecular formula is C21H15F3N6O4S. The molecule has 180 valence electrons. The van der Waals surface area contributed by atoms with E-state index < -0.39 is 41.0 Å². The summed E-state index contributed by atoms with van der Waals surface area (Å²) in [6.45, 7) is 0.920. The molecule has 14 heteroatoms. The average molecular weight is 504 g/mol. The maximum Gasteiger partial charge on any atom is 0.433 e. The molecule has 3 aromatic heterocycles. The van der Waals surface area contributed by atoms with Crippen molar-refractivity contribution in [2.45, 2.75) is 19.6 Å². The van der Waals surface area contributed by atoms with Crippen LogP contribution in [-0.4, -0.2) is 31.5 Å². The Balaban J connectivity index is 1.87. The number of primary amides is 1. The van der Waals surface area contributed by atoms with Gasteiger partial charge in [0.1, 0.15) is 15.4 Å². The molecule has 0 unspecified atom stereocenters. The predicted octanol–water partition coefficient (Wildman–Crippen LogP) is 4.13. The fraction of sp³-hybridized carbons (Fsp3) is 0.143. The zero-order valence-electron chi connectivity index (χ0n) is 17.8. The van der Waals surface area contributed by atoms with Gasteiger partial charge >= 0.3 is 12.0 Å². The second-order valence-electron chi connectivity index (χ2n) is 7.38. The number of nitrogens with one attached hydrogen (secondary N) is 1. The molecule has 0 bridgehead atoms. The predicted molar refractivity (Wildman–Crippen MR) is 121 cm³/mol. The van der Waals surface area contributed by atoms with Gasteiger partial charge in [0, 0.05) is 5.39 Å². The number of benzene rings is 1. The van der Waals surface area contributed by atoms with Gasteiger partial charge in [0.25, 0.3) is 11.8 Å². The highest BCUT2D eigenvalue weighted by molar-refractivity contribution is 7.21. The molecule has 0 aliphatic rings. The standard InChI is InChI=1S/C21H15F3N6O4S/c1-10-7-15(30(33)34)29(28-10)9-14(31)27-17-16-12(11-5-3-2-4-6-11)8-13(21(22,23)24)26-20(16)35-18(17)19(25)32/h2-8H,9H2,1H3,(H2,25,32)(H,27,31). The number of aromatic nitrogens is 3. The van der Waals surface area contributed by atoms with Crippen LogP contribution in [0.3, 0.4) is 0 Å². The van der Waals surface area contributed by atoms with Crippen LogP contribution in [0.4, 0.5) is 24.7 Å². The first-order chi connectivity index (χ1) is 16.5. The van der Waals surface area contributed by atoms with Crippen LogP contribution >= 0.6 is 11.3 Å². The summed E-state index contributed by atoms with van der Waals surface area (Å²) in [7, 11) is 0. The molecule has 2 amide bonds. The van der Waals surface area contributed by atoms with Crippen LogP contribution < -0.4 is 11.1 Å². The Labute approximate surface area is 198 Å². The largest absolute Gasteiger partial charge is 0.433 e. The number of thiophene rings is 1. The number of aryl methyl sites for hydroxylation is 1. The summed E-state index contributed by atoms with van der Waals surface area (Å²) in [4.78, 5) is 38.7. The monoisotopic (exact) mass is 504 g/mol. The molecule has 4 rings (SSSR count). The van der Waals surface area contributed by atoms with Crippen LogP contribution in [0, 0.1) is 17.0 Å². The zero-order chi connectivity index (χ0) is 25.5. The lowest BCUT2D eigenvalue weighted by molar-refractivity contribution is -0.392. The highest BCUT2D eigenvalue weighted by Gasteiger charge is 2.35. The van der Waals surface area contributed by atoms with E-state index in [4.69, 9.17) is 5.73 Å². The van der Waals surface area contributed by atoms with Crippen molar-refractivity contribution >= 4 is 44.9 Å². The van der Waals surface area contributed by atoms with Gasteiger partial charge in [0.15, 0.2) is 6.54 Å². The van der Waals surface area contributed by atoms with Crippen LogP contribution in [0.1, 0.15) is 21.1 Å². The van der Waals surface area contributed by atoms with Gasteiger partial charge < -0.3 is 21.2 Å². The lowest BCUT2D eigenvalue weighted by Gasteiger charge is -2.12. The summed E-state index contributed by atoms with van der Waals surface area (Å²) in [5.41, 5.74) is 4.90. The maximum absolute atomic E-state index is 13.6. The van der Waals surface area contributed by atoms with Crippen molar-refractivity contribution in [3.05, 3.63) is 68.8 Å². The summed E-state index contributed by atoms with van der Waals surface area (Å²) < 4.78 is 41.5. The summed E-state index contributed by atoms with van der Waals surface area (Å²) in [6, 6.07) is 10.1. The Bertz CT molecular complexity index is 1480. The van der Waals surface area contributed by atoms with Gasteiger partial charge in [-0.3, -0.25) is 9.59 Å². The first kappa shape index (κ1) is 23.8. The molecule has 0 aliphatic carbocycles. The number of carbonyl (C=O) groups excluding carboxylic acids is 2. The number of anilines is 1. The van der Waals surface area contributed by atoms with Crippen molar-refractivity contribution in [3.63, 3.8) is 0 Å². The number of fused-ring (bicyclic) bond motifs is 1. The first-order valence-corrected chi connectivity index (χ1v) is 10.7. The Morgan fingerprint density at radius 2 is 1.91 bits per heavy atom. The maximum atomic E-state index is 13.6. The van der Waals surface area contributed by atoms with Crippen LogP contribution in [0.2, 0.25) is 0 Å². The minimum atomic E-state index is -4.77. The zero-order valence-corrected chi connectivity index (χ0v) is 18.6. The Kier molecular flexibility index (Phi) is 5.98. The number of hydrogen-bond acceptors (Lipinski definition) is 7. The van der Waals surface area contributed by atoms with E-state index in [0.29, 0.717) is 22.6 Å². The van der Waals surface area contributed by atoms with Gasteiger partial charge in [-0.05, 0) is 29.0 Å². The normalized spacial score (nSPS) is 11.5. The third-order valence-electron chi connectivity index (χ3n) is 4.89. The fourth-order valence-electron chi connectivity index (χ4n) is 3.49. The van der Waals surface area contributed by atoms with Crippen LogP contribution in [-0.2, 0) is 17.5 Å². The molecule has 3 heterocycles. The van der Waals surface area contributed by atoms with E-state index in [2.05, 4.69) is 15.4 Å². The lowest BCUT2D eigenvalue weighted by Crippen LogP contribution is -2.22. The van der Waals surface area contributed by atoms with Crippen LogP contribution in [0.5, 0.6) is 0 Å². The van der Waals surface area contributed by atoms with Crippen LogP contribution in [0.25, 0.3) is 21.3 Å². The third-order valence-corrected chi connectivity index (χ3v) is 5.99. The second kappa shape index (κ2) is 8.79. The minimum Gasteiger partial charge on any atom is -0.365 e. The molecule has 1 aromatic carbocycles. The lowest BCUT2D eigenvalue weighted by atomic mass is 10.0. The molecule has 0 saturated heterocycles. The van der Waals surface area contributed by atoms with Crippen molar-refractivity contribution in [2.24, 2.45) is 5.73 Å². The average Bonchev–Trinajstić information content (AvgIpc) is 3.33. The molecule has 10 nitrogen and oxygen atoms in total. The topological polar surface area (TPSA) is 146 Å². The van der Waals surface area contributed by atoms with Crippen molar-refractivity contribution in [2.75, 3.05) is 5.32 Å². The second-order valence-corrected chi connectivity index (χ2v) is 8.38. The van der Waals surface area contributed by atoms with Crippen molar-refractivity contribution in [3.8, 4) is 11.1 Å². The number of alkyl halides is 3. The molecule has 3 N–H and O–H groups in total. The molecule has 0 spiro atoms. The number of rotatable bonds is 6. The van der Waals surface area contributed by atoms with Gasteiger partial charge in [-0.2, -0.15) is 13.2 Å². The number of amides is 2. The quantitative estimate of drug-likeness (QED) is 0.298. The van der Waals surface area contributed by atoms with Crippen LogP contribution in [0.15, 0.2) is 42.5 Å². The highest BCUT2D eigenvalue weighted by atomic mass is 32.1. The molecule has 0 fully saturated rings. The summed E-state index contributed by atoms with van der Waals surface area (Å²) >= 11 is 0.601. The molecule has 0 saturated carbocycles. The SMILES string of the molecule is Cc1cc([N+](=O)[O-])n(CC(=O)Nc2c(C(N)=O)sc3nc(C(F)(F)F)cc(-c4ccccc4)c23)n1. The van der Waals surface area contributed by atoms with E-state index in [9.17, 15) is 32.9 Å². The van der Waals surface area contributed by atoms with E-state index in [0.717, 1.165) is 10.7 Å². The summed E-state index contributed by atoms with van der Waals surface area (Å²) in [5.74, 6) is -2.22. The molecule has 4 aromatic rings. The summed E-state index contributed by atoms with van der Waals surface area (Å²) in [6.07, 6.45) is -4.77. The van der Waals surface area contributed by atoms with Gasteiger partial charge in [-0.15, -0.1) is 16.0 Å². The Morgan fingerprint density at radius 3 is 2.51 bits per heavy atom. The number of nitrogens with zero attached hydrogens (tertiary/aromatic N) is 4. The van der Waals surface area contributed by atoms with Gasteiger partial charge in [0.2, 0.25) is 0 Å². The van der Waals surface area contributed by atoms with Crippen molar-refractivity contribution < 1.29 is 27.7 Å². The fourth-order valence-corrected chi connectivity index (χ4v) is 4.50. The van der Waals surface area contributed by atoms with E-state index in [-0.39, 0.29) is 26.3 Å². The van der Waals surface area contributed by atoms with Crippen molar-refractivity contribution in [1.82, 2.24) is 14.8 Å². The minimum absolute atomic E-state index is 0.0721. The molecular weight excluding hydrogens is 489 g/mol. The molecule has 0 atom stereocenters. The number of pyridine rings is 1. The first-order valence-electron chi connectivity index (χ1n) is 9.84. The third kappa shape index (κ3) is 4.68. The number of halogens is 3. The molecule has 0 aliphatic heterocycles. The van der Waals surface area contributed by atoms with Gasteiger partial charge in [-0.1, -0.05) is 35.4 Å². The molecule has 35 heavy (non-hydrogen) atoms. The van der Waals surface area contributed by atoms with E-state index in [1.807, 2.05) is 0 Å². The van der Waals surface area contributed by atoms with Crippen molar-refractivity contribution in [1.29, 1.82) is 0 Å². The highest BCUT2D eigenvalue weighted by Crippen LogP contribution is 2.43. The van der Waals surface area contributed by atoms with Gasteiger partial charge in [-0.25, -0.2) is 4.98 Å². The van der Waals surface area contributed by atoms with Gasteiger partial charge in [0.05, 0.1) is 17.4 Å². The number of carbonyl (C=O) groups is 2. The smallest absolute Gasteiger partial charge is 0.365 e. The van der Waals surface area contributed by atoms with E-state index in [1.54, 1.807) is 30.3 Å². The number of nitro groups is 1. The Morgan fingerprint density at radius 1 is 1.23 bits per heavy atom. The molecule has 0 radical (unpaired) electrons. The summed E-state index contributed by atoms with van der Waals surface area (Å²) in [5, 5.41) is 17.7.